The molecule has 0 aliphatic carbocycles. The molecule has 3 aromatic rings. The van der Waals surface area contributed by atoms with E-state index in [1.807, 2.05) is 16.8 Å². The van der Waals surface area contributed by atoms with Gasteiger partial charge in [-0.25, -0.2) is 4.79 Å². The molecule has 1 atom stereocenters. The summed E-state index contributed by atoms with van der Waals surface area (Å²) >= 11 is 1.51. The molecule has 0 bridgehead atoms. The van der Waals surface area contributed by atoms with Crippen molar-refractivity contribution in [1.29, 1.82) is 0 Å². The lowest BCUT2D eigenvalue weighted by Gasteiger charge is -2.09. The SMILES string of the molecule is O=C(NCCC(O)c1ccsc1)c1cc2ccccc2oc1=O. The molecular weight excluding hydrogens is 314 g/mol. The Morgan fingerprint density at radius 1 is 1.30 bits per heavy atom. The maximum atomic E-state index is 12.1. The maximum absolute atomic E-state index is 12.1. The Kier molecular flexibility index (Phi) is 4.55. The van der Waals surface area contributed by atoms with Crippen molar-refractivity contribution in [2.75, 3.05) is 6.54 Å². The molecule has 1 aromatic carbocycles. The lowest BCUT2D eigenvalue weighted by molar-refractivity contribution is 0.0939. The maximum Gasteiger partial charge on any atom is 0.349 e. The highest BCUT2D eigenvalue weighted by molar-refractivity contribution is 7.07. The van der Waals surface area contributed by atoms with Crippen LogP contribution in [-0.2, 0) is 0 Å². The number of aliphatic hydroxyl groups is 1. The third kappa shape index (κ3) is 3.49. The zero-order valence-corrected chi connectivity index (χ0v) is 13.0. The first kappa shape index (κ1) is 15.5. The Hall–Kier alpha value is -2.44. The molecule has 2 heterocycles. The van der Waals surface area contributed by atoms with Gasteiger partial charge in [-0.3, -0.25) is 4.79 Å². The van der Waals surface area contributed by atoms with Gasteiger partial charge in [-0.2, -0.15) is 11.3 Å². The number of fused-ring (bicyclic) bond motifs is 1. The number of hydrogen-bond donors (Lipinski definition) is 2. The summed E-state index contributed by atoms with van der Waals surface area (Å²) in [5, 5.41) is 17.0. The summed E-state index contributed by atoms with van der Waals surface area (Å²) in [6.07, 6.45) is -0.254. The number of hydrogen-bond acceptors (Lipinski definition) is 5. The number of carbonyl (C=O) groups is 1. The van der Waals surface area contributed by atoms with Crippen LogP contribution < -0.4 is 10.9 Å². The third-order valence-corrected chi connectivity index (χ3v) is 4.22. The van der Waals surface area contributed by atoms with Gasteiger partial charge in [0.2, 0.25) is 0 Å². The van der Waals surface area contributed by atoms with E-state index in [0.29, 0.717) is 17.4 Å². The van der Waals surface area contributed by atoms with Gasteiger partial charge in [-0.15, -0.1) is 0 Å². The molecule has 2 N–H and O–H groups in total. The van der Waals surface area contributed by atoms with E-state index >= 15 is 0 Å². The number of benzene rings is 1. The highest BCUT2D eigenvalue weighted by atomic mass is 32.1. The van der Waals surface area contributed by atoms with Gasteiger partial charge in [0.15, 0.2) is 0 Å². The molecule has 2 aromatic heterocycles. The van der Waals surface area contributed by atoms with Gasteiger partial charge in [0, 0.05) is 11.9 Å². The Balaban J connectivity index is 1.66. The quantitative estimate of drug-likeness (QED) is 0.705. The average molecular weight is 329 g/mol. The fraction of sp³-hybridized carbons (Fsp3) is 0.176. The van der Waals surface area contributed by atoms with E-state index in [-0.39, 0.29) is 12.1 Å². The van der Waals surface area contributed by atoms with E-state index in [1.54, 1.807) is 24.3 Å². The summed E-state index contributed by atoms with van der Waals surface area (Å²) in [6, 6.07) is 10.4. The van der Waals surface area contributed by atoms with Gasteiger partial charge in [0.1, 0.15) is 11.1 Å². The molecule has 23 heavy (non-hydrogen) atoms. The largest absolute Gasteiger partial charge is 0.422 e. The molecule has 0 spiro atoms. The van der Waals surface area contributed by atoms with Crippen molar-refractivity contribution in [3.8, 4) is 0 Å². The smallest absolute Gasteiger partial charge is 0.349 e. The van der Waals surface area contributed by atoms with Gasteiger partial charge in [0.05, 0.1) is 6.10 Å². The number of aliphatic hydroxyl groups excluding tert-OH is 1. The predicted molar refractivity (Wildman–Crippen MR) is 88.7 cm³/mol. The average Bonchev–Trinajstić information content (AvgIpc) is 3.08. The second kappa shape index (κ2) is 6.76. The van der Waals surface area contributed by atoms with Crippen LogP contribution in [0.5, 0.6) is 0 Å². The summed E-state index contributed by atoms with van der Waals surface area (Å²) in [5.41, 5.74) is 0.574. The van der Waals surface area contributed by atoms with Gasteiger partial charge >= 0.3 is 5.63 Å². The van der Waals surface area contributed by atoms with E-state index in [0.717, 1.165) is 5.56 Å². The lowest BCUT2D eigenvalue weighted by atomic mass is 10.1. The molecule has 3 rings (SSSR count). The van der Waals surface area contributed by atoms with Crippen LogP contribution in [-0.4, -0.2) is 17.6 Å². The standard InChI is InChI=1S/C17H15NO4S/c19-14(12-6-8-23-10-12)5-7-18-16(20)13-9-11-3-1-2-4-15(11)22-17(13)21/h1-4,6,8-10,14,19H,5,7H2,(H,18,20). The molecule has 0 radical (unpaired) electrons. The van der Waals surface area contributed by atoms with Crippen LogP contribution in [0.4, 0.5) is 0 Å². The van der Waals surface area contributed by atoms with E-state index in [9.17, 15) is 14.7 Å². The first-order valence-corrected chi connectivity index (χ1v) is 8.10. The molecule has 0 saturated heterocycles. The minimum atomic E-state index is -0.667. The predicted octanol–water partition coefficient (Wildman–Crippen LogP) is 2.71. The number of thiophene rings is 1. The number of para-hydroxylation sites is 1. The first-order chi connectivity index (χ1) is 11.1. The van der Waals surface area contributed by atoms with Gasteiger partial charge < -0.3 is 14.8 Å². The zero-order valence-electron chi connectivity index (χ0n) is 12.2. The van der Waals surface area contributed by atoms with Crippen molar-refractivity contribution in [1.82, 2.24) is 5.32 Å². The van der Waals surface area contributed by atoms with Crippen LogP contribution in [0.1, 0.15) is 28.4 Å². The number of amides is 1. The van der Waals surface area contributed by atoms with Gasteiger partial charge in [0.25, 0.3) is 5.91 Å². The normalized spacial score (nSPS) is 12.2. The number of carbonyl (C=O) groups excluding carboxylic acids is 1. The van der Waals surface area contributed by atoms with Crippen molar-refractivity contribution in [3.63, 3.8) is 0 Å². The Labute approximate surface area is 136 Å². The van der Waals surface area contributed by atoms with Crippen molar-refractivity contribution in [2.24, 2.45) is 0 Å². The first-order valence-electron chi connectivity index (χ1n) is 7.16. The van der Waals surface area contributed by atoms with Crippen LogP contribution in [0.25, 0.3) is 11.0 Å². The topological polar surface area (TPSA) is 79.5 Å². The molecule has 118 valence electrons. The molecule has 0 aliphatic rings. The van der Waals surface area contributed by atoms with Crippen molar-refractivity contribution in [3.05, 3.63) is 68.7 Å². The summed E-state index contributed by atoms with van der Waals surface area (Å²) < 4.78 is 5.14. The van der Waals surface area contributed by atoms with Crippen LogP contribution in [0.2, 0.25) is 0 Å². The van der Waals surface area contributed by atoms with Crippen LogP contribution in [0.15, 0.2) is 56.4 Å². The molecule has 5 nitrogen and oxygen atoms in total. The second-order valence-electron chi connectivity index (χ2n) is 5.10. The van der Waals surface area contributed by atoms with E-state index in [1.165, 1.54) is 17.4 Å². The number of rotatable bonds is 5. The van der Waals surface area contributed by atoms with E-state index < -0.39 is 17.6 Å². The Morgan fingerprint density at radius 3 is 2.91 bits per heavy atom. The monoisotopic (exact) mass is 329 g/mol. The molecule has 1 unspecified atom stereocenters. The molecule has 0 saturated carbocycles. The Bertz CT molecular complexity index is 870. The van der Waals surface area contributed by atoms with Crippen molar-refractivity contribution >= 4 is 28.2 Å². The zero-order chi connectivity index (χ0) is 16.2. The van der Waals surface area contributed by atoms with Crippen LogP contribution in [0, 0.1) is 0 Å². The highest BCUT2D eigenvalue weighted by Gasteiger charge is 2.14. The number of nitrogens with one attached hydrogen (secondary N) is 1. The lowest BCUT2D eigenvalue weighted by Crippen LogP contribution is -2.29. The second-order valence-corrected chi connectivity index (χ2v) is 5.88. The van der Waals surface area contributed by atoms with Crippen LogP contribution >= 0.6 is 11.3 Å². The molecule has 6 heteroatoms. The summed E-state index contributed by atoms with van der Waals surface area (Å²) in [4.78, 5) is 24.0. The van der Waals surface area contributed by atoms with Crippen LogP contribution in [0.3, 0.4) is 0 Å². The Morgan fingerprint density at radius 2 is 2.13 bits per heavy atom. The van der Waals surface area contributed by atoms with E-state index in [4.69, 9.17) is 4.42 Å². The third-order valence-electron chi connectivity index (χ3n) is 3.52. The highest BCUT2D eigenvalue weighted by Crippen LogP contribution is 2.18. The minimum Gasteiger partial charge on any atom is -0.422 e. The minimum absolute atomic E-state index is 0.0336. The molecule has 0 fully saturated rings. The van der Waals surface area contributed by atoms with E-state index in [2.05, 4.69) is 5.32 Å². The molecule has 1 amide bonds. The fourth-order valence-corrected chi connectivity index (χ4v) is 2.98. The fourth-order valence-electron chi connectivity index (χ4n) is 2.27. The van der Waals surface area contributed by atoms with Crippen molar-refractivity contribution < 1.29 is 14.3 Å². The van der Waals surface area contributed by atoms with Crippen molar-refractivity contribution in [2.45, 2.75) is 12.5 Å². The molecule has 0 aliphatic heterocycles. The van der Waals surface area contributed by atoms with Gasteiger partial charge in [-0.05, 0) is 40.9 Å². The summed E-state index contributed by atoms with van der Waals surface area (Å²) in [6.45, 7) is 0.266. The summed E-state index contributed by atoms with van der Waals surface area (Å²) in [7, 11) is 0. The molecular formula is C17H15NO4S. The summed E-state index contributed by atoms with van der Waals surface area (Å²) in [5.74, 6) is -0.498. The van der Waals surface area contributed by atoms with Gasteiger partial charge in [-0.1, -0.05) is 18.2 Å².